The second kappa shape index (κ2) is 9.26. The molecule has 2 aliphatic rings. The maximum absolute atomic E-state index is 13.2. The average Bonchev–Trinajstić information content (AvgIpc) is 2.79. The number of carbonyl (C=O) groups excluding carboxylic acids is 1. The van der Waals surface area contributed by atoms with Gasteiger partial charge in [-0.15, -0.1) is 0 Å². The molecule has 1 amide bonds. The minimum absolute atomic E-state index is 0.0135. The largest absolute Gasteiger partial charge is 0.386 e. The molecule has 0 saturated carbocycles. The molecule has 0 radical (unpaired) electrons. The Hall–Kier alpha value is -2.72. The SMILES string of the molecule is Cc1cc(C(=O)N2CCC3(CC2)CN(CC#N)CC(c2ccccc2)O3)ccc1C(C)(C)O. The molecule has 0 aliphatic carbocycles. The van der Waals surface area contributed by atoms with Gasteiger partial charge in [0.1, 0.15) is 0 Å². The van der Waals surface area contributed by atoms with Crippen molar-refractivity contribution in [1.29, 1.82) is 5.26 Å². The Morgan fingerprint density at radius 1 is 1.21 bits per heavy atom. The van der Waals surface area contributed by atoms with Crippen LogP contribution >= 0.6 is 0 Å². The van der Waals surface area contributed by atoms with E-state index in [2.05, 4.69) is 23.1 Å². The first-order valence-corrected chi connectivity index (χ1v) is 11.7. The first kappa shape index (κ1) is 23.4. The number of likely N-dealkylation sites (tertiary alicyclic amines) is 1. The van der Waals surface area contributed by atoms with Crippen LogP contribution in [0.2, 0.25) is 0 Å². The molecule has 33 heavy (non-hydrogen) atoms. The van der Waals surface area contributed by atoms with E-state index in [0.29, 0.717) is 38.3 Å². The van der Waals surface area contributed by atoms with Gasteiger partial charge in [0.15, 0.2) is 0 Å². The highest BCUT2D eigenvalue weighted by molar-refractivity contribution is 5.94. The van der Waals surface area contributed by atoms with Gasteiger partial charge in [0, 0.05) is 31.7 Å². The van der Waals surface area contributed by atoms with E-state index in [0.717, 1.165) is 29.5 Å². The summed E-state index contributed by atoms with van der Waals surface area (Å²) in [4.78, 5) is 17.3. The summed E-state index contributed by atoms with van der Waals surface area (Å²) in [6, 6.07) is 18.0. The Morgan fingerprint density at radius 3 is 2.52 bits per heavy atom. The van der Waals surface area contributed by atoms with Gasteiger partial charge in [0.2, 0.25) is 0 Å². The number of morpholine rings is 1. The summed E-state index contributed by atoms with van der Waals surface area (Å²) in [5.41, 5.74) is 2.22. The van der Waals surface area contributed by atoms with Gasteiger partial charge < -0.3 is 14.7 Å². The molecule has 1 spiro atoms. The van der Waals surface area contributed by atoms with Gasteiger partial charge in [-0.3, -0.25) is 9.69 Å². The van der Waals surface area contributed by atoms with E-state index >= 15 is 0 Å². The topological polar surface area (TPSA) is 76.8 Å². The van der Waals surface area contributed by atoms with Gasteiger partial charge in [0.25, 0.3) is 5.91 Å². The van der Waals surface area contributed by atoms with Crippen molar-refractivity contribution in [3.63, 3.8) is 0 Å². The van der Waals surface area contributed by atoms with Crippen molar-refractivity contribution < 1.29 is 14.6 Å². The number of hydrogen-bond donors (Lipinski definition) is 1. The fourth-order valence-electron chi connectivity index (χ4n) is 5.20. The Morgan fingerprint density at radius 2 is 1.91 bits per heavy atom. The molecule has 2 aromatic rings. The van der Waals surface area contributed by atoms with Crippen LogP contribution in [-0.4, -0.2) is 59.1 Å². The third kappa shape index (κ3) is 5.11. The van der Waals surface area contributed by atoms with Gasteiger partial charge >= 0.3 is 0 Å². The van der Waals surface area contributed by atoms with Crippen LogP contribution < -0.4 is 0 Å². The minimum Gasteiger partial charge on any atom is -0.386 e. The van der Waals surface area contributed by atoms with E-state index in [4.69, 9.17) is 4.74 Å². The lowest BCUT2D eigenvalue weighted by atomic mass is 9.87. The van der Waals surface area contributed by atoms with Crippen LogP contribution in [0.1, 0.15) is 59.8 Å². The highest BCUT2D eigenvalue weighted by Gasteiger charge is 2.44. The maximum atomic E-state index is 13.2. The molecule has 2 saturated heterocycles. The predicted molar refractivity (Wildman–Crippen MR) is 127 cm³/mol. The fraction of sp³-hybridized carbons (Fsp3) is 0.481. The van der Waals surface area contributed by atoms with Crippen LogP contribution in [-0.2, 0) is 10.3 Å². The standard InChI is InChI=1S/C27H33N3O3/c1-20-17-22(9-10-23(20)26(2,3)32)25(31)30-14-11-27(12-15-30)19-29(16-13-28)18-24(33-27)21-7-5-4-6-8-21/h4-10,17,24,32H,11-12,14-16,18-19H2,1-3H3. The number of nitriles is 1. The molecule has 4 rings (SSSR count). The molecule has 0 bridgehead atoms. The smallest absolute Gasteiger partial charge is 0.253 e. The van der Waals surface area contributed by atoms with Gasteiger partial charge in [-0.1, -0.05) is 36.4 Å². The normalized spacial score (nSPS) is 21.1. The molecule has 1 unspecified atom stereocenters. The fourth-order valence-corrected chi connectivity index (χ4v) is 5.20. The molecule has 1 N–H and O–H groups in total. The zero-order valence-electron chi connectivity index (χ0n) is 19.8. The summed E-state index contributed by atoms with van der Waals surface area (Å²) in [5, 5.41) is 19.6. The molecular weight excluding hydrogens is 414 g/mol. The number of hydrogen-bond acceptors (Lipinski definition) is 5. The van der Waals surface area contributed by atoms with Crippen molar-refractivity contribution in [2.45, 2.75) is 50.9 Å². The van der Waals surface area contributed by atoms with Crippen molar-refractivity contribution >= 4 is 5.91 Å². The van der Waals surface area contributed by atoms with Gasteiger partial charge in [0.05, 0.1) is 29.9 Å². The van der Waals surface area contributed by atoms with E-state index < -0.39 is 5.60 Å². The Labute approximate surface area is 196 Å². The quantitative estimate of drug-likeness (QED) is 0.722. The summed E-state index contributed by atoms with van der Waals surface area (Å²) in [5.74, 6) is 0.0135. The summed E-state index contributed by atoms with van der Waals surface area (Å²) >= 11 is 0. The molecule has 174 valence electrons. The third-order valence-corrected chi connectivity index (χ3v) is 6.89. The molecule has 1 atom stereocenters. The van der Waals surface area contributed by atoms with Crippen LogP contribution in [0.3, 0.4) is 0 Å². The van der Waals surface area contributed by atoms with Crippen molar-refractivity contribution in [2.24, 2.45) is 0 Å². The summed E-state index contributed by atoms with van der Waals surface area (Å²) < 4.78 is 6.67. The number of aliphatic hydroxyl groups is 1. The number of benzene rings is 2. The third-order valence-electron chi connectivity index (χ3n) is 6.89. The first-order chi connectivity index (χ1) is 15.7. The zero-order chi connectivity index (χ0) is 23.6. The predicted octanol–water partition coefficient (Wildman–Crippen LogP) is 3.79. The number of nitrogens with zero attached hydrogens (tertiary/aromatic N) is 3. The highest BCUT2D eigenvalue weighted by atomic mass is 16.5. The van der Waals surface area contributed by atoms with Crippen LogP contribution in [0.15, 0.2) is 48.5 Å². The van der Waals surface area contributed by atoms with E-state index in [1.807, 2.05) is 48.2 Å². The van der Waals surface area contributed by atoms with Crippen LogP contribution in [0.4, 0.5) is 0 Å². The van der Waals surface area contributed by atoms with Crippen molar-refractivity contribution in [1.82, 2.24) is 9.80 Å². The lowest BCUT2D eigenvalue weighted by molar-refractivity contribution is -0.173. The number of amides is 1. The van der Waals surface area contributed by atoms with Gasteiger partial charge in [-0.05, 0) is 62.4 Å². The second-order valence-electron chi connectivity index (χ2n) is 9.91. The van der Waals surface area contributed by atoms with Crippen molar-refractivity contribution in [3.8, 4) is 6.07 Å². The van der Waals surface area contributed by atoms with Crippen molar-refractivity contribution in [2.75, 3.05) is 32.7 Å². The Kier molecular flexibility index (Phi) is 6.58. The summed E-state index contributed by atoms with van der Waals surface area (Å²) in [6.45, 7) is 8.47. The van der Waals surface area contributed by atoms with E-state index in [1.165, 1.54) is 0 Å². The molecule has 2 heterocycles. The molecule has 2 aliphatic heterocycles. The lowest BCUT2D eigenvalue weighted by Crippen LogP contribution is -2.58. The Balaban J connectivity index is 1.47. The zero-order valence-corrected chi connectivity index (χ0v) is 19.8. The van der Waals surface area contributed by atoms with Gasteiger partial charge in [-0.25, -0.2) is 0 Å². The van der Waals surface area contributed by atoms with Crippen LogP contribution in [0, 0.1) is 18.3 Å². The number of carbonyl (C=O) groups is 1. The maximum Gasteiger partial charge on any atom is 0.253 e. The number of ether oxygens (including phenoxy) is 1. The molecule has 0 aromatic heterocycles. The van der Waals surface area contributed by atoms with E-state index in [9.17, 15) is 15.2 Å². The average molecular weight is 448 g/mol. The molecule has 6 heteroatoms. The molecule has 6 nitrogen and oxygen atoms in total. The lowest BCUT2D eigenvalue weighted by Gasteiger charge is -2.49. The molecule has 2 aromatic carbocycles. The van der Waals surface area contributed by atoms with E-state index in [1.54, 1.807) is 13.8 Å². The van der Waals surface area contributed by atoms with Crippen molar-refractivity contribution in [3.05, 3.63) is 70.8 Å². The highest BCUT2D eigenvalue weighted by Crippen LogP contribution is 2.38. The number of piperidine rings is 1. The monoisotopic (exact) mass is 447 g/mol. The second-order valence-corrected chi connectivity index (χ2v) is 9.91. The minimum atomic E-state index is -0.938. The molecular formula is C27H33N3O3. The first-order valence-electron chi connectivity index (χ1n) is 11.7. The van der Waals surface area contributed by atoms with Crippen LogP contribution in [0.25, 0.3) is 0 Å². The van der Waals surface area contributed by atoms with Gasteiger partial charge in [-0.2, -0.15) is 5.26 Å². The Bertz CT molecular complexity index is 1030. The van der Waals surface area contributed by atoms with E-state index in [-0.39, 0.29) is 17.6 Å². The molecule has 2 fully saturated rings. The summed E-state index contributed by atoms with van der Waals surface area (Å²) in [7, 11) is 0. The summed E-state index contributed by atoms with van der Waals surface area (Å²) in [6.07, 6.45) is 1.41. The van der Waals surface area contributed by atoms with Crippen LogP contribution in [0.5, 0.6) is 0 Å². The number of aryl methyl sites for hydroxylation is 1. The number of rotatable bonds is 4.